The molecule has 0 amide bonds. The van der Waals surface area contributed by atoms with Crippen molar-refractivity contribution in [3.8, 4) is 0 Å². The van der Waals surface area contributed by atoms with Crippen LogP contribution in [-0.2, 0) is 23.2 Å². The third kappa shape index (κ3) is 3.49. The summed E-state index contributed by atoms with van der Waals surface area (Å²) in [7, 11) is -3.53. The Morgan fingerprint density at radius 2 is 2.14 bits per heavy atom. The van der Waals surface area contributed by atoms with Crippen molar-refractivity contribution in [3.63, 3.8) is 0 Å². The zero-order valence-corrected chi connectivity index (χ0v) is 13.9. The van der Waals surface area contributed by atoms with Gasteiger partial charge in [-0.1, -0.05) is 26.7 Å². The molecular formula is C15H26N2O3S. The van der Waals surface area contributed by atoms with E-state index in [0.29, 0.717) is 12.2 Å². The fraction of sp³-hybridized carbons (Fsp3) is 0.733. The number of nitrogens with one attached hydrogen (secondary N) is 1. The highest BCUT2D eigenvalue weighted by atomic mass is 32.2. The Labute approximate surface area is 127 Å². The molecule has 1 atom stereocenters. The maximum absolute atomic E-state index is 12.6. The standard InChI is InChI=1S/C15H26N2O3S/c1-4-17-10-13(9-12(17)11-18)21(19,20)16-14-7-5-6-8-15(14,2)3/h9-10,14,16,18H,4-8,11H2,1-3H3. The molecule has 0 spiro atoms. The molecule has 1 aliphatic rings. The maximum atomic E-state index is 12.6. The van der Waals surface area contributed by atoms with Crippen LogP contribution in [0.2, 0.25) is 0 Å². The third-order valence-electron chi connectivity index (χ3n) is 4.58. The zero-order chi connectivity index (χ0) is 15.7. The molecule has 1 unspecified atom stereocenters. The van der Waals surface area contributed by atoms with Crippen molar-refractivity contribution in [2.75, 3.05) is 0 Å². The molecule has 120 valence electrons. The van der Waals surface area contributed by atoms with Crippen molar-refractivity contribution in [2.45, 2.75) is 70.5 Å². The van der Waals surface area contributed by atoms with Gasteiger partial charge in [-0.15, -0.1) is 0 Å². The number of hydrogen-bond acceptors (Lipinski definition) is 3. The smallest absolute Gasteiger partial charge is 0.242 e. The van der Waals surface area contributed by atoms with E-state index in [9.17, 15) is 13.5 Å². The first-order chi connectivity index (χ1) is 9.80. The van der Waals surface area contributed by atoms with E-state index >= 15 is 0 Å². The van der Waals surface area contributed by atoms with Crippen molar-refractivity contribution in [1.82, 2.24) is 9.29 Å². The molecule has 6 heteroatoms. The van der Waals surface area contributed by atoms with Gasteiger partial charge in [0.05, 0.1) is 11.5 Å². The highest BCUT2D eigenvalue weighted by Gasteiger charge is 2.35. The first-order valence-corrected chi connectivity index (χ1v) is 9.10. The Kier molecular flexibility index (Phi) is 4.80. The molecule has 0 bridgehead atoms. The Bertz CT molecular complexity index is 569. The third-order valence-corrected chi connectivity index (χ3v) is 6.02. The summed E-state index contributed by atoms with van der Waals surface area (Å²) in [6.45, 7) is 6.65. The summed E-state index contributed by atoms with van der Waals surface area (Å²) in [6, 6.07) is 1.53. The molecule has 2 N–H and O–H groups in total. The SMILES string of the molecule is CCn1cc(S(=O)(=O)NC2CCCCC2(C)C)cc1CO. The van der Waals surface area contributed by atoms with Crippen LogP contribution in [-0.4, -0.2) is 24.1 Å². The van der Waals surface area contributed by atoms with Gasteiger partial charge in [0.15, 0.2) is 0 Å². The number of aromatic nitrogens is 1. The quantitative estimate of drug-likeness (QED) is 0.875. The molecule has 5 nitrogen and oxygen atoms in total. The van der Waals surface area contributed by atoms with Crippen molar-refractivity contribution >= 4 is 10.0 Å². The Morgan fingerprint density at radius 1 is 1.43 bits per heavy atom. The van der Waals surface area contributed by atoms with Crippen LogP contribution in [0.25, 0.3) is 0 Å². The van der Waals surface area contributed by atoms with E-state index in [1.807, 2.05) is 6.92 Å². The van der Waals surface area contributed by atoms with Gasteiger partial charge < -0.3 is 9.67 Å². The van der Waals surface area contributed by atoms with Gasteiger partial charge in [-0.2, -0.15) is 0 Å². The average Bonchev–Trinajstić information content (AvgIpc) is 2.85. The number of nitrogens with zero attached hydrogens (tertiary/aromatic N) is 1. The molecule has 2 rings (SSSR count). The number of aryl methyl sites for hydroxylation is 1. The molecule has 1 aromatic heterocycles. The summed E-state index contributed by atoms with van der Waals surface area (Å²) in [5.74, 6) is 0. The van der Waals surface area contributed by atoms with Crippen LogP contribution >= 0.6 is 0 Å². The van der Waals surface area contributed by atoms with Crippen LogP contribution in [0.15, 0.2) is 17.2 Å². The van der Waals surface area contributed by atoms with Gasteiger partial charge in [-0.05, 0) is 31.2 Å². The summed E-state index contributed by atoms with van der Waals surface area (Å²) in [6.07, 6.45) is 5.75. The van der Waals surface area contributed by atoms with E-state index in [-0.39, 0.29) is 23.0 Å². The average molecular weight is 314 g/mol. The normalized spacial score (nSPS) is 22.4. The van der Waals surface area contributed by atoms with Crippen LogP contribution in [0.1, 0.15) is 52.1 Å². The van der Waals surface area contributed by atoms with Crippen LogP contribution in [0, 0.1) is 5.41 Å². The topological polar surface area (TPSA) is 71.3 Å². The summed E-state index contributed by atoms with van der Waals surface area (Å²) in [4.78, 5) is 0.245. The molecular weight excluding hydrogens is 288 g/mol. The van der Waals surface area contributed by atoms with Gasteiger partial charge in [0.1, 0.15) is 0 Å². The summed E-state index contributed by atoms with van der Waals surface area (Å²) < 4.78 is 29.8. The summed E-state index contributed by atoms with van der Waals surface area (Å²) in [5, 5.41) is 9.30. The lowest BCUT2D eigenvalue weighted by Crippen LogP contribution is -2.46. The lowest BCUT2D eigenvalue weighted by molar-refractivity contribution is 0.188. The second-order valence-electron chi connectivity index (χ2n) is 6.52. The van der Waals surface area contributed by atoms with E-state index in [1.165, 1.54) is 0 Å². The predicted molar refractivity (Wildman–Crippen MR) is 82.4 cm³/mol. The number of rotatable bonds is 5. The predicted octanol–water partition coefficient (Wildman–Crippen LogP) is 2.25. The number of sulfonamides is 1. The minimum Gasteiger partial charge on any atom is -0.390 e. The van der Waals surface area contributed by atoms with Crippen molar-refractivity contribution < 1.29 is 13.5 Å². The Balaban J connectivity index is 2.24. The van der Waals surface area contributed by atoms with E-state index in [4.69, 9.17) is 0 Å². The molecule has 1 fully saturated rings. The van der Waals surface area contributed by atoms with Crippen molar-refractivity contribution in [3.05, 3.63) is 18.0 Å². The maximum Gasteiger partial charge on any atom is 0.242 e. The Hall–Kier alpha value is -0.850. The molecule has 21 heavy (non-hydrogen) atoms. The number of hydrogen-bond donors (Lipinski definition) is 2. The summed E-state index contributed by atoms with van der Waals surface area (Å²) in [5.41, 5.74) is 0.610. The summed E-state index contributed by atoms with van der Waals surface area (Å²) >= 11 is 0. The molecule has 1 saturated carbocycles. The van der Waals surface area contributed by atoms with E-state index < -0.39 is 10.0 Å². The second-order valence-corrected chi connectivity index (χ2v) is 8.23. The van der Waals surface area contributed by atoms with E-state index in [1.54, 1.807) is 16.8 Å². The van der Waals surface area contributed by atoms with Crippen LogP contribution in [0.5, 0.6) is 0 Å². The zero-order valence-electron chi connectivity index (χ0n) is 13.1. The molecule has 1 aliphatic carbocycles. The van der Waals surface area contributed by atoms with Crippen molar-refractivity contribution in [1.29, 1.82) is 0 Å². The first kappa shape index (κ1) is 16.5. The number of aliphatic hydroxyl groups is 1. The minimum absolute atomic E-state index is 0.0154. The van der Waals surface area contributed by atoms with Gasteiger partial charge in [0, 0.05) is 24.5 Å². The highest BCUT2D eigenvalue weighted by molar-refractivity contribution is 7.89. The monoisotopic (exact) mass is 314 g/mol. The van der Waals surface area contributed by atoms with Crippen LogP contribution in [0.3, 0.4) is 0 Å². The number of aliphatic hydroxyl groups excluding tert-OH is 1. The van der Waals surface area contributed by atoms with Crippen LogP contribution in [0.4, 0.5) is 0 Å². The largest absolute Gasteiger partial charge is 0.390 e. The fourth-order valence-electron chi connectivity index (χ4n) is 3.07. The van der Waals surface area contributed by atoms with E-state index in [2.05, 4.69) is 18.6 Å². The van der Waals surface area contributed by atoms with Gasteiger partial charge in [-0.25, -0.2) is 13.1 Å². The molecule has 1 heterocycles. The van der Waals surface area contributed by atoms with Gasteiger partial charge >= 0.3 is 0 Å². The molecule has 0 aliphatic heterocycles. The molecule has 1 aromatic rings. The molecule has 0 aromatic carbocycles. The van der Waals surface area contributed by atoms with Gasteiger partial charge in [0.25, 0.3) is 0 Å². The minimum atomic E-state index is -3.53. The second kappa shape index (κ2) is 6.10. The first-order valence-electron chi connectivity index (χ1n) is 7.62. The molecule has 0 radical (unpaired) electrons. The lowest BCUT2D eigenvalue weighted by Gasteiger charge is -2.38. The van der Waals surface area contributed by atoms with Gasteiger partial charge in [0.2, 0.25) is 10.0 Å². The fourth-order valence-corrected chi connectivity index (χ4v) is 4.57. The lowest BCUT2D eigenvalue weighted by atomic mass is 9.74. The highest BCUT2D eigenvalue weighted by Crippen LogP contribution is 2.36. The van der Waals surface area contributed by atoms with Gasteiger partial charge in [-0.3, -0.25) is 0 Å². The van der Waals surface area contributed by atoms with Crippen LogP contribution < -0.4 is 4.72 Å². The molecule has 0 saturated heterocycles. The van der Waals surface area contributed by atoms with E-state index in [0.717, 1.165) is 25.7 Å². The van der Waals surface area contributed by atoms with Crippen molar-refractivity contribution in [2.24, 2.45) is 5.41 Å². The Morgan fingerprint density at radius 3 is 2.67 bits per heavy atom.